The van der Waals surface area contributed by atoms with Gasteiger partial charge in [-0.2, -0.15) is 0 Å². The predicted molar refractivity (Wildman–Crippen MR) is 93.9 cm³/mol. The first-order valence-electron chi connectivity index (χ1n) is 7.33. The zero-order valence-electron chi connectivity index (χ0n) is 13.1. The van der Waals surface area contributed by atoms with E-state index < -0.39 is 0 Å². The topological polar surface area (TPSA) is 63.1 Å². The molecular formula is C17H22ClN3O2. The van der Waals surface area contributed by atoms with Crippen LogP contribution in [-0.4, -0.2) is 24.1 Å². The maximum absolute atomic E-state index is 11.7. The van der Waals surface area contributed by atoms with E-state index >= 15 is 0 Å². The summed E-state index contributed by atoms with van der Waals surface area (Å²) in [6.45, 7) is 1.75. The Balaban J connectivity index is 0.00000264. The van der Waals surface area contributed by atoms with Gasteiger partial charge in [0.05, 0.1) is 6.54 Å². The van der Waals surface area contributed by atoms with Gasteiger partial charge in [0, 0.05) is 31.8 Å². The highest BCUT2D eigenvalue weighted by molar-refractivity contribution is 5.85. The summed E-state index contributed by atoms with van der Waals surface area (Å²) in [5.74, 6) is 0.0364. The molecule has 0 unspecified atom stereocenters. The van der Waals surface area contributed by atoms with Gasteiger partial charge in [0.2, 0.25) is 5.91 Å². The third-order valence-electron chi connectivity index (χ3n) is 3.37. The number of benzene rings is 1. The number of nitrogens with zero attached hydrogens (tertiary/aromatic N) is 1. The van der Waals surface area contributed by atoms with E-state index in [9.17, 15) is 9.59 Å². The normalized spacial score (nSPS) is 9.96. The number of aromatic nitrogens is 1. The van der Waals surface area contributed by atoms with Gasteiger partial charge in [0.15, 0.2) is 0 Å². The molecule has 0 radical (unpaired) electrons. The molecule has 2 aromatic rings. The van der Waals surface area contributed by atoms with Crippen molar-refractivity contribution < 1.29 is 4.79 Å². The number of rotatable bonds is 7. The SMILES string of the molecule is CNCCC(=O)NCc1ccc(Cn2ccccc2=O)cc1.Cl. The smallest absolute Gasteiger partial charge is 0.250 e. The second kappa shape index (κ2) is 9.82. The van der Waals surface area contributed by atoms with Crippen LogP contribution in [0.5, 0.6) is 0 Å². The maximum Gasteiger partial charge on any atom is 0.250 e. The summed E-state index contributed by atoms with van der Waals surface area (Å²) in [5.41, 5.74) is 2.09. The van der Waals surface area contributed by atoms with Crippen LogP contribution in [0.15, 0.2) is 53.5 Å². The number of hydrogen-bond acceptors (Lipinski definition) is 3. The molecule has 1 heterocycles. The first-order valence-corrected chi connectivity index (χ1v) is 7.33. The van der Waals surface area contributed by atoms with Gasteiger partial charge in [-0.05, 0) is 24.2 Å². The van der Waals surface area contributed by atoms with E-state index in [2.05, 4.69) is 10.6 Å². The molecule has 5 nitrogen and oxygen atoms in total. The Morgan fingerprint density at radius 3 is 2.43 bits per heavy atom. The predicted octanol–water partition coefficient (Wildman–Crippen LogP) is 1.54. The molecule has 0 saturated carbocycles. The highest BCUT2D eigenvalue weighted by Crippen LogP contribution is 2.05. The van der Waals surface area contributed by atoms with Crippen molar-refractivity contribution in [2.24, 2.45) is 0 Å². The summed E-state index contributed by atoms with van der Waals surface area (Å²) in [6.07, 6.45) is 2.25. The third kappa shape index (κ3) is 6.26. The van der Waals surface area contributed by atoms with E-state index in [1.54, 1.807) is 22.9 Å². The van der Waals surface area contributed by atoms with E-state index in [0.29, 0.717) is 26.1 Å². The van der Waals surface area contributed by atoms with Crippen molar-refractivity contribution in [1.29, 1.82) is 0 Å². The minimum atomic E-state index is -0.0108. The fourth-order valence-electron chi connectivity index (χ4n) is 2.08. The molecule has 0 aliphatic heterocycles. The van der Waals surface area contributed by atoms with Crippen molar-refractivity contribution in [1.82, 2.24) is 15.2 Å². The van der Waals surface area contributed by atoms with Crippen molar-refractivity contribution in [3.63, 3.8) is 0 Å². The number of amides is 1. The maximum atomic E-state index is 11.7. The van der Waals surface area contributed by atoms with Crippen LogP contribution in [0.4, 0.5) is 0 Å². The van der Waals surface area contributed by atoms with Gasteiger partial charge >= 0.3 is 0 Å². The van der Waals surface area contributed by atoms with Crippen LogP contribution in [0.1, 0.15) is 17.5 Å². The Bertz CT molecular complexity index is 668. The van der Waals surface area contributed by atoms with Crippen LogP contribution in [0.2, 0.25) is 0 Å². The van der Waals surface area contributed by atoms with Crippen LogP contribution >= 0.6 is 12.4 Å². The van der Waals surface area contributed by atoms with Crippen molar-refractivity contribution >= 4 is 18.3 Å². The molecule has 1 amide bonds. The Labute approximate surface area is 142 Å². The Morgan fingerprint density at radius 2 is 1.78 bits per heavy atom. The summed E-state index contributed by atoms with van der Waals surface area (Å²) >= 11 is 0. The van der Waals surface area contributed by atoms with Crippen molar-refractivity contribution in [2.75, 3.05) is 13.6 Å². The quantitative estimate of drug-likeness (QED) is 0.807. The summed E-state index contributed by atoms with van der Waals surface area (Å²) in [4.78, 5) is 23.2. The molecule has 0 spiro atoms. The molecule has 0 aliphatic rings. The fraction of sp³-hybridized carbons (Fsp3) is 0.294. The lowest BCUT2D eigenvalue weighted by Crippen LogP contribution is -2.26. The highest BCUT2D eigenvalue weighted by Gasteiger charge is 2.01. The van der Waals surface area contributed by atoms with Gasteiger partial charge in [-0.3, -0.25) is 9.59 Å². The third-order valence-corrected chi connectivity index (χ3v) is 3.37. The van der Waals surface area contributed by atoms with Gasteiger partial charge in [-0.25, -0.2) is 0 Å². The van der Waals surface area contributed by atoms with Gasteiger partial charge in [0.1, 0.15) is 0 Å². The van der Waals surface area contributed by atoms with E-state index in [0.717, 1.165) is 11.1 Å². The number of hydrogen-bond donors (Lipinski definition) is 2. The molecule has 2 rings (SSSR count). The molecule has 0 aliphatic carbocycles. The van der Waals surface area contributed by atoms with Gasteiger partial charge < -0.3 is 15.2 Å². The lowest BCUT2D eigenvalue weighted by Gasteiger charge is -2.08. The van der Waals surface area contributed by atoms with Crippen LogP contribution in [0.3, 0.4) is 0 Å². The van der Waals surface area contributed by atoms with E-state index in [1.807, 2.05) is 37.4 Å². The monoisotopic (exact) mass is 335 g/mol. The molecule has 0 atom stereocenters. The molecule has 6 heteroatoms. The summed E-state index contributed by atoms with van der Waals surface area (Å²) in [6, 6.07) is 13.0. The zero-order valence-corrected chi connectivity index (χ0v) is 13.9. The minimum Gasteiger partial charge on any atom is -0.352 e. The van der Waals surface area contributed by atoms with Gasteiger partial charge in [0.25, 0.3) is 5.56 Å². The van der Waals surface area contributed by atoms with E-state index in [-0.39, 0.29) is 23.9 Å². The Morgan fingerprint density at radius 1 is 1.09 bits per heavy atom. The van der Waals surface area contributed by atoms with Crippen LogP contribution < -0.4 is 16.2 Å². The lowest BCUT2D eigenvalue weighted by atomic mass is 10.1. The molecule has 23 heavy (non-hydrogen) atoms. The van der Waals surface area contributed by atoms with E-state index in [4.69, 9.17) is 0 Å². The van der Waals surface area contributed by atoms with Crippen molar-refractivity contribution in [3.8, 4) is 0 Å². The van der Waals surface area contributed by atoms with Crippen LogP contribution in [0, 0.1) is 0 Å². The summed E-state index contributed by atoms with van der Waals surface area (Å²) in [7, 11) is 1.82. The molecule has 1 aromatic heterocycles. The Kier molecular flexibility index (Phi) is 8.08. The summed E-state index contributed by atoms with van der Waals surface area (Å²) in [5, 5.41) is 5.82. The molecule has 0 fully saturated rings. The molecule has 2 N–H and O–H groups in total. The first-order chi connectivity index (χ1) is 10.7. The highest BCUT2D eigenvalue weighted by atomic mass is 35.5. The second-order valence-electron chi connectivity index (χ2n) is 5.11. The fourth-order valence-corrected chi connectivity index (χ4v) is 2.08. The van der Waals surface area contributed by atoms with Gasteiger partial charge in [-0.15, -0.1) is 12.4 Å². The van der Waals surface area contributed by atoms with Crippen molar-refractivity contribution in [3.05, 3.63) is 70.1 Å². The molecule has 1 aromatic carbocycles. The van der Waals surface area contributed by atoms with Crippen LogP contribution in [0.25, 0.3) is 0 Å². The van der Waals surface area contributed by atoms with E-state index in [1.165, 1.54) is 0 Å². The van der Waals surface area contributed by atoms with Crippen molar-refractivity contribution in [2.45, 2.75) is 19.5 Å². The lowest BCUT2D eigenvalue weighted by molar-refractivity contribution is -0.121. The average Bonchev–Trinajstić information content (AvgIpc) is 2.54. The molecular weight excluding hydrogens is 314 g/mol. The number of carbonyl (C=O) groups is 1. The number of carbonyl (C=O) groups excluding carboxylic acids is 1. The number of halogens is 1. The summed E-state index contributed by atoms with van der Waals surface area (Å²) < 4.78 is 1.66. The molecule has 0 bridgehead atoms. The zero-order chi connectivity index (χ0) is 15.8. The second-order valence-corrected chi connectivity index (χ2v) is 5.11. The minimum absolute atomic E-state index is 0. The standard InChI is InChI=1S/C17H21N3O2.ClH/c1-18-10-9-16(21)19-12-14-5-7-15(8-6-14)13-20-11-3-2-4-17(20)22;/h2-8,11,18H,9-10,12-13H2,1H3,(H,19,21);1H. The molecule has 0 saturated heterocycles. The van der Waals surface area contributed by atoms with Crippen LogP contribution in [-0.2, 0) is 17.9 Å². The number of pyridine rings is 1. The largest absolute Gasteiger partial charge is 0.352 e. The number of nitrogens with one attached hydrogen (secondary N) is 2. The van der Waals surface area contributed by atoms with Gasteiger partial charge in [-0.1, -0.05) is 30.3 Å². The average molecular weight is 336 g/mol. The first kappa shape index (κ1) is 18.9. The Hall–Kier alpha value is -2.11. The molecule has 124 valence electrons.